The van der Waals surface area contributed by atoms with Crippen molar-refractivity contribution in [2.45, 2.75) is 70.1 Å². The van der Waals surface area contributed by atoms with Crippen molar-refractivity contribution in [2.24, 2.45) is 5.92 Å². The molecule has 1 aromatic carbocycles. The lowest BCUT2D eigenvalue weighted by atomic mass is 9.80. The van der Waals surface area contributed by atoms with Crippen LogP contribution in [0.25, 0.3) is 0 Å². The highest BCUT2D eigenvalue weighted by Crippen LogP contribution is 2.40. The molecule has 166 valence electrons. The van der Waals surface area contributed by atoms with Crippen molar-refractivity contribution < 1.29 is 23.8 Å². The van der Waals surface area contributed by atoms with Crippen LogP contribution in [-0.4, -0.2) is 48.5 Å². The van der Waals surface area contributed by atoms with Crippen LogP contribution in [0.15, 0.2) is 36.1 Å². The molecule has 1 heterocycles. The number of halogens is 1. The molecule has 2 aliphatic rings. The average molecular weight is 420 g/mol. The molecule has 6 heteroatoms. The van der Waals surface area contributed by atoms with Crippen LogP contribution in [0.3, 0.4) is 0 Å². The Bertz CT molecular complexity index is 714. The number of benzene rings is 1. The first-order valence-electron chi connectivity index (χ1n) is 11.2. The van der Waals surface area contributed by atoms with Gasteiger partial charge in [-0.2, -0.15) is 0 Å². The number of hydrogen-bond acceptors (Lipinski definition) is 4. The molecular weight excluding hydrogens is 385 g/mol. The third-order valence-electron chi connectivity index (χ3n) is 6.32. The van der Waals surface area contributed by atoms with Crippen molar-refractivity contribution in [3.63, 3.8) is 0 Å². The fourth-order valence-electron chi connectivity index (χ4n) is 4.63. The molecule has 30 heavy (non-hydrogen) atoms. The molecule has 1 fully saturated rings. The van der Waals surface area contributed by atoms with E-state index in [1.807, 2.05) is 24.9 Å². The summed E-state index contributed by atoms with van der Waals surface area (Å²) < 4.78 is 25.5. The maximum atomic E-state index is 13.5. The predicted molar refractivity (Wildman–Crippen MR) is 113 cm³/mol. The molecule has 1 saturated carbocycles. The van der Waals surface area contributed by atoms with E-state index in [0.717, 1.165) is 31.2 Å². The van der Waals surface area contributed by atoms with E-state index < -0.39 is 6.29 Å². The van der Waals surface area contributed by atoms with E-state index in [2.05, 4.69) is 0 Å². The van der Waals surface area contributed by atoms with Gasteiger partial charge in [-0.1, -0.05) is 31.4 Å². The average Bonchev–Trinajstić information content (AvgIpc) is 2.78. The molecule has 1 aliphatic heterocycles. The van der Waals surface area contributed by atoms with Crippen LogP contribution in [0.4, 0.5) is 4.39 Å². The van der Waals surface area contributed by atoms with Crippen LogP contribution in [0, 0.1) is 11.7 Å². The van der Waals surface area contributed by atoms with E-state index in [0.29, 0.717) is 25.2 Å². The van der Waals surface area contributed by atoms with Crippen molar-refractivity contribution >= 4 is 5.91 Å². The van der Waals surface area contributed by atoms with Crippen molar-refractivity contribution in [1.82, 2.24) is 4.90 Å². The minimum Gasteiger partial charge on any atom is -0.459 e. The summed E-state index contributed by atoms with van der Waals surface area (Å²) in [6.07, 6.45) is 8.12. The molecule has 5 nitrogen and oxygen atoms in total. The van der Waals surface area contributed by atoms with E-state index in [4.69, 9.17) is 9.47 Å². The van der Waals surface area contributed by atoms with Gasteiger partial charge in [0.05, 0.1) is 0 Å². The highest BCUT2D eigenvalue weighted by molar-refractivity contribution is 5.91. The van der Waals surface area contributed by atoms with Crippen LogP contribution in [0.1, 0.15) is 63.4 Å². The monoisotopic (exact) mass is 419 g/mol. The number of carbonyl (C=O) groups is 1. The number of aliphatic hydroxyl groups excluding tert-OH is 1. The first-order chi connectivity index (χ1) is 14.5. The van der Waals surface area contributed by atoms with Gasteiger partial charge in [-0.3, -0.25) is 4.79 Å². The molecule has 0 saturated heterocycles. The fraction of sp³-hybridized carbons (Fsp3) is 0.625. The zero-order valence-electron chi connectivity index (χ0n) is 18.1. The second kappa shape index (κ2) is 10.9. The molecule has 3 rings (SSSR count). The third kappa shape index (κ3) is 5.41. The first kappa shape index (κ1) is 22.8. The molecule has 3 atom stereocenters. The molecule has 1 amide bonds. The summed E-state index contributed by atoms with van der Waals surface area (Å²) in [4.78, 5) is 15.1. The summed E-state index contributed by atoms with van der Waals surface area (Å²) in [5.41, 5.74) is 0.915. The van der Waals surface area contributed by atoms with Crippen molar-refractivity contribution in [3.05, 3.63) is 47.5 Å². The summed E-state index contributed by atoms with van der Waals surface area (Å²) >= 11 is 0. The second-order valence-corrected chi connectivity index (χ2v) is 8.29. The number of ether oxygens (including phenoxy) is 2. The second-order valence-electron chi connectivity index (χ2n) is 8.29. The Morgan fingerprint density at radius 2 is 1.93 bits per heavy atom. The van der Waals surface area contributed by atoms with E-state index in [9.17, 15) is 14.3 Å². The molecule has 1 aliphatic carbocycles. The SMILES string of the molecule is CCO[C@H]1OC(C(=O)N(C)C2CCCCC2)=C[C@@H](c2ccc(F)cc2)[C@H]1CCCO. The molecule has 0 unspecified atom stereocenters. The summed E-state index contributed by atoms with van der Waals surface area (Å²) in [5, 5.41) is 9.36. The van der Waals surface area contributed by atoms with Gasteiger partial charge in [0.25, 0.3) is 5.91 Å². The number of allylic oxidation sites excluding steroid dienone is 1. The van der Waals surface area contributed by atoms with Crippen LogP contribution >= 0.6 is 0 Å². The highest BCUT2D eigenvalue weighted by atomic mass is 19.1. The topological polar surface area (TPSA) is 59.0 Å². The number of aliphatic hydroxyl groups is 1. The van der Waals surface area contributed by atoms with Crippen molar-refractivity contribution in [1.29, 1.82) is 0 Å². The molecule has 0 bridgehead atoms. The quantitative estimate of drug-likeness (QED) is 0.680. The number of rotatable bonds is 8. The van der Waals surface area contributed by atoms with Gasteiger partial charge in [-0.15, -0.1) is 0 Å². The minimum atomic E-state index is -0.583. The van der Waals surface area contributed by atoms with Crippen LogP contribution in [0.2, 0.25) is 0 Å². The van der Waals surface area contributed by atoms with E-state index in [-0.39, 0.29) is 36.2 Å². The minimum absolute atomic E-state index is 0.0703. The van der Waals surface area contributed by atoms with Gasteiger partial charge in [0, 0.05) is 38.1 Å². The van der Waals surface area contributed by atoms with Gasteiger partial charge in [0.15, 0.2) is 5.76 Å². The zero-order valence-corrected chi connectivity index (χ0v) is 18.1. The lowest BCUT2D eigenvalue weighted by Gasteiger charge is -2.39. The van der Waals surface area contributed by atoms with E-state index in [1.54, 1.807) is 12.1 Å². The standard InChI is InChI=1S/C24H34FNO4/c1-3-29-24-20(10-7-15-27)21(17-11-13-18(25)14-12-17)16-22(30-24)23(28)26(2)19-8-5-4-6-9-19/h11-14,16,19-21,24,27H,3-10,15H2,1-2H3/t20-,21+,24+/m1/s1. The summed E-state index contributed by atoms with van der Waals surface area (Å²) in [6, 6.07) is 6.62. The molecule has 0 aromatic heterocycles. The molecule has 1 aromatic rings. The van der Waals surface area contributed by atoms with Crippen molar-refractivity contribution in [2.75, 3.05) is 20.3 Å². The fourth-order valence-corrected chi connectivity index (χ4v) is 4.63. The Balaban J connectivity index is 1.90. The summed E-state index contributed by atoms with van der Waals surface area (Å²) in [5.74, 6) is -0.341. The van der Waals surface area contributed by atoms with Gasteiger partial charge in [-0.25, -0.2) is 4.39 Å². The van der Waals surface area contributed by atoms with Gasteiger partial charge in [0.1, 0.15) is 5.82 Å². The molecular formula is C24H34FNO4. The number of amides is 1. The van der Waals surface area contributed by atoms with Crippen molar-refractivity contribution in [3.8, 4) is 0 Å². The maximum absolute atomic E-state index is 13.5. The maximum Gasteiger partial charge on any atom is 0.288 e. The Kier molecular flexibility index (Phi) is 8.28. The third-order valence-corrected chi connectivity index (χ3v) is 6.32. The van der Waals surface area contributed by atoms with Crippen LogP contribution in [-0.2, 0) is 14.3 Å². The smallest absolute Gasteiger partial charge is 0.288 e. The normalized spacial score (nSPS) is 24.8. The van der Waals surface area contributed by atoms with Gasteiger partial charge >= 0.3 is 0 Å². The predicted octanol–water partition coefficient (Wildman–Crippen LogP) is 4.37. The number of carbonyl (C=O) groups excluding carboxylic acids is 1. The zero-order chi connectivity index (χ0) is 21.5. The Morgan fingerprint density at radius 1 is 1.23 bits per heavy atom. The number of likely N-dealkylation sites (N-methyl/N-ethyl adjacent to an activating group) is 1. The summed E-state index contributed by atoms with van der Waals surface area (Å²) in [7, 11) is 1.85. The van der Waals surface area contributed by atoms with Gasteiger partial charge in [0.2, 0.25) is 6.29 Å². The lowest BCUT2D eigenvalue weighted by molar-refractivity contribution is -0.170. The Morgan fingerprint density at radius 3 is 2.57 bits per heavy atom. The lowest BCUT2D eigenvalue weighted by Crippen LogP contribution is -2.43. The Hall–Kier alpha value is -1.92. The van der Waals surface area contributed by atoms with Gasteiger partial charge < -0.3 is 19.5 Å². The number of hydrogen-bond donors (Lipinski definition) is 1. The molecule has 0 spiro atoms. The highest BCUT2D eigenvalue weighted by Gasteiger charge is 2.39. The molecule has 1 N–H and O–H groups in total. The largest absolute Gasteiger partial charge is 0.459 e. The first-order valence-corrected chi connectivity index (χ1v) is 11.2. The molecule has 0 radical (unpaired) electrons. The van der Waals surface area contributed by atoms with E-state index in [1.165, 1.54) is 18.6 Å². The van der Waals surface area contributed by atoms with Crippen LogP contribution in [0.5, 0.6) is 0 Å². The van der Waals surface area contributed by atoms with E-state index >= 15 is 0 Å². The number of nitrogens with zero attached hydrogens (tertiary/aromatic N) is 1. The van der Waals surface area contributed by atoms with Crippen LogP contribution < -0.4 is 0 Å². The Labute approximate surface area is 178 Å². The summed E-state index contributed by atoms with van der Waals surface area (Å²) in [6.45, 7) is 2.43. The van der Waals surface area contributed by atoms with Gasteiger partial charge in [-0.05, 0) is 56.4 Å².